The maximum atomic E-state index is 12.8. The Hall–Kier alpha value is -1.53. The van der Waals surface area contributed by atoms with Crippen LogP contribution in [0.25, 0.3) is 0 Å². The van der Waals surface area contributed by atoms with E-state index in [1.165, 1.54) is 11.6 Å². The van der Waals surface area contributed by atoms with Gasteiger partial charge in [0.05, 0.1) is 0 Å². The first-order chi connectivity index (χ1) is 10.1. The Morgan fingerprint density at radius 1 is 1.32 bits per heavy atom. The van der Waals surface area contributed by atoms with E-state index in [-0.39, 0.29) is 18.0 Å². The summed E-state index contributed by atoms with van der Waals surface area (Å²) in [4.78, 5) is 14.5. The number of hydrogen-bond acceptors (Lipinski definition) is 2. The number of piperidine rings is 1. The third-order valence-corrected chi connectivity index (χ3v) is 4.39. The van der Waals surface area contributed by atoms with E-state index in [9.17, 15) is 18.0 Å². The van der Waals surface area contributed by atoms with Gasteiger partial charge in [0.15, 0.2) is 5.69 Å². The molecule has 1 aliphatic rings. The van der Waals surface area contributed by atoms with Crippen LogP contribution >= 0.6 is 0 Å². The Bertz CT molecular complexity index is 543. The number of halogens is 3. The summed E-state index contributed by atoms with van der Waals surface area (Å²) < 4.78 is 39.4. The highest BCUT2D eigenvalue weighted by Crippen LogP contribution is 2.30. The van der Waals surface area contributed by atoms with Crippen molar-refractivity contribution >= 4 is 5.91 Å². The number of aromatic nitrogens is 2. The highest BCUT2D eigenvalue weighted by atomic mass is 19.4. The van der Waals surface area contributed by atoms with Crippen LogP contribution in [0, 0.1) is 6.92 Å². The molecule has 0 spiro atoms. The van der Waals surface area contributed by atoms with Gasteiger partial charge in [0, 0.05) is 17.8 Å². The van der Waals surface area contributed by atoms with Crippen molar-refractivity contribution in [1.82, 2.24) is 14.7 Å². The summed E-state index contributed by atoms with van der Waals surface area (Å²) in [5.41, 5.74) is -0.616. The van der Waals surface area contributed by atoms with Crippen molar-refractivity contribution in [2.45, 2.75) is 71.3 Å². The van der Waals surface area contributed by atoms with Gasteiger partial charge in [-0.2, -0.15) is 18.3 Å². The fourth-order valence-electron chi connectivity index (χ4n) is 3.19. The van der Waals surface area contributed by atoms with E-state index in [4.69, 9.17) is 0 Å². The molecule has 1 saturated heterocycles. The van der Waals surface area contributed by atoms with Gasteiger partial charge in [0.25, 0.3) is 0 Å². The second kappa shape index (κ2) is 5.93. The smallest absolute Gasteiger partial charge is 0.335 e. The van der Waals surface area contributed by atoms with Crippen molar-refractivity contribution in [2.75, 3.05) is 0 Å². The van der Waals surface area contributed by atoms with Crippen LogP contribution in [0.4, 0.5) is 13.2 Å². The summed E-state index contributed by atoms with van der Waals surface area (Å²) in [7, 11) is 0. The van der Waals surface area contributed by atoms with Gasteiger partial charge >= 0.3 is 6.18 Å². The molecule has 0 radical (unpaired) electrons. The van der Waals surface area contributed by atoms with Gasteiger partial charge in [-0.1, -0.05) is 0 Å². The van der Waals surface area contributed by atoms with Crippen LogP contribution in [-0.2, 0) is 11.0 Å². The number of nitrogens with zero attached hydrogens (tertiary/aromatic N) is 3. The fraction of sp³-hybridized carbons (Fsp3) is 0.733. The molecule has 1 aromatic heterocycles. The average Bonchev–Trinajstić information content (AvgIpc) is 2.79. The van der Waals surface area contributed by atoms with Crippen LogP contribution in [0.3, 0.4) is 0 Å². The summed E-state index contributed by atoms with van der Waals surface area (Å²) in [5, 5.41) is 3.59. The van der Waals surface area contributed by atoms with Crippen molar-refractivity contribution in [3.63, 3.8) is 0 Å². The van der Waals surface area contributed by atoms with E-state index < -0.39 is 17.9 Å². The third kappa shape index (κ3) is 3.13. The van der Waals surface area contributed by atoms with Crippen LogP contribution in [0.15, 0.2) is 6.07 Å². The van der Waals surface area contributed by atoms with Crippen molar-refractivity contribution < 1.29 is 18.0 Å². The molecule has 0 unspecified atom stereocenters. The Morgan fingerprint density at radius 2 is 1.86 bits per heavy atom. The molecule has 2 rings (SSSR count). The van der Waals surface area contributed by atoms with Crippen LogP contribution in [0.2, 0.25) is 0 Å². The monoisotopic (exact) mass is 317 g/mol. The van der Waals surface area contributed by atoms with Crippen LogP contribution in [0.5, 0.6) is 0 Å². The van der Waals surface area contributed by atoms with Gasteiger partial charge in [0.1, 0.15) is 6.04 Å². The first-order valence-electron chi connectivity index (χ1n) is 7.58. The molecule has 1 aliphatic heterocycles. The normalized spacial score (nSPS) is 24.4. The molecule has 0 aliphatic carbocycles. The molecule has 0 saturated carbocycles. The summed E-state index contributed by atoms with van der Waals surface area (Å²) in [6.45, 7) is 7.11. The van der Waals surface area contributed by atoms with Gasteiger partial charge in [-0.15, -0.1) is 0 Å². The summed E-state index contributed by atoms with van der Waals surface area (Å²) >= 11 is 0. The number of carbonyl (C=O) groups is 1. The van der Waals surface area contributed by atoms with Gasteiger partial charge in [-0.25, -0.2) is 0 Å². The van der Waals surface area contributed by atoms with Crippen LogP contribution in [-0.4, -0.2) is 32.7 Å². The number of carbonyl (C=O) groups excluding carboxylic acids is 1. The van der Waals surface area contributed by atoms with Gasteiger partial charge in [-0.05, 0) is 53.0 Å². The zero-order valence-corrected chi connectivity index (χ0v) is 13.3. The van der Waals surface area contributed by atoms with Crippen molar-refractivity contribution in [1.29, 1.82) is 0 Å². The molecule has 0 aromatic carbocycles. The second-order valence-corrected chi connectivity index (χ2v) is 6.16. The fourth-order valence-corrected chi connectivity index (χ4v) is 3.19. The van der Waals surface area contributed by atoms with Gasteiger partial charge in [0.2, 0.25) is 5.91 Å². The number of alkyl halides is 3. The molecule has 3 atom stereocenters. The van der Waals surface area contributed by atoms with E-state index in [2.05, 4.69) is 5.10 Å². The third-order valence-electron chi connectivity index (χ3n) is 4.39. The lowest BCUT2D eigenvalue weighted by molar-refractivity contribution is -0.144. The molecule has 1 aromatic rings. The Kier molecular flexibility index (Phi) is 4.54. The van der Waals surface area contributed by atoms with Crippen molar-refractivity contribution in [3.05, 3.63) is 17.5 Å². The first kappa shape index (κ1) is 16.8. The lowest BCUT2D eigenvalue weighted by Gasteiger charge is -2.40. The van der Waals surface area contributed by atoms with Gasteiger partial charge in [-0.3, -0.25) is 9.48 Å². The molecule has 0 bridgehead atoms. The van der Waals surface area contributed by atoms with Crippen LogP contribution in [0.1, 0.15) is 57.5 Å². The molecule has 4 nitrogen and oxygen atoms in total. The highest BCUT2D eigenvalue weighted by Gasteiger charge is 2.37. The lowest BCUT2D eigenvalue weighted by atomic mass is 9.96. The van der Waals surface area contributed by atoms with Crippen molar-refractivity contribution in [3.8, 4) is 0 Å². The zero-order chi connectivity index (χ0) is 16.7. The number of amides is 1. The molecular formula is C15H22F3N3O. The Balaban J connectivity index is 2.25. The summed E-state index contributed by atoms with van der Waals surface area (Å²) in [5.74, 6) is -0.167. The van der Waals surface area contributed by atoms with E-state index in [1.54, 1.807) is 11.8 Å². The largest absolute Gasteiger partial charge is 0.435 e. The second-order valence-electron chi connectivity index (χ2n) is 6.16. The maximum Gasteiger partial charge on any atom is 0.435 e. The predicted molar refractivity (Wildman–Crippen MR) is 76.3 cm³/mol. The Morgan fingerprint density at radius 3 is 2.32 bits per heavy atom. The molecule has 0 N–H and O–H groups in total. The van der Waals surface area contributed by atoms with Crippen molar-refractivity contribution in [2.24, 2.45) is 0 Å². The SMILES string of the molecule is Cc1cc(C(F)(F)F)nn1[C@@H](C)C(=O)N1[C@H](C)CCC[C@@H]1C. The lowest BCUT2D eigenvalue weighted by Crippen LogP contribution is -2.50. The quantitative estimate of drug-likeness (QED) is 0.836. The number of rotatable bonds is 2. The van der Waals surface area contributed by atoms with Crippen LogP contribution < -0.4 is 0 Å². The van der Waals surface area contributed by atoms with Gasteiger partial charge < -0.3 is 4.90 Å². The molecule has 2 heterocycles. The average molecular weight is 317 g/mol. The van der Waals surface area contributed by atoms with E-state index in [0.29, 0.717) is 5.69 Å². The standard InChI is InChI=1S/C15H22F3N3O/c1-9-6-5-7-10(2)20(9)14(22)12(4)21-11(3)8-13(19-21)15(16,17)18/h8-10,12H,5-7H2,1-4H3/t9-,10+,12-/m0/s1. The van der Waals surface area contributed by atoms with E-state index in [1.807, 2.05) is 13.8 Å². The minimum atomic E-state index is -4.50. The minimum absolute atomic E-state index is 0.108. The highest BCUT2D eigenvalue weighted by molar-refractivity contribution is 5.80. The molecule has 1 amide bonds. The maximum absolute atomic E-state index is 12.8. The number of aryl methyl sites for hydroxylation is 1. The predicted octanol–water partition coefficient (Wildman–Crippen LogP) is 3.56. The summed E-state index contributed by atoms with van der Waals surface area (Å²) in [6, 6.07) is 0.458. The zero-order valence-electron chi connectivity index (χ0n) is 13.3. The molecule has 124 valence electrons. The molecule has 22 heavy (non-hydrogen) atoms. The number of hydrogen-bond donors (Lipinski definition) is 0. The van der Waals surface area contributed by atoms with E-state index in [0.717, 1.165) is 25.3 Å². The molecule has 7 heteroatoms. The Labute approximate surface area is 128 Å². The topological polar surface area (TPSA) is 38.1 Å². The molecule has 1 fully saturated rings. The molecular weight excluding hydrogens is 295 g/mol. The summed E-state index contributed by atoms with van der Waals surface area (Å²) in [6.07, 6.45) is -1.58. The van der Waals surface area contributed by atoms with E-state index >= 15 is 0 Å². The minimum Gasteiger partial charge on any atom is -0.335 e. The first-order valence-corrected chi connectivity index (χ1v) is 7.58. The number of likely N-dealkylation sites (tertiary alicyclic amines) is 1.